The Balaban J connectivity index is 1.67. The van der Waals surface area contributed by atoms with Crippen molar-refractivity contribution in [2.45, 2.75) is 81.7 Å². The molecule has 0 unspecified atom stereocenters. The molecule has 0 N–H and O–H groups in total. The zero-order chi connectivity index (χ0) is 19.2. The molecule has 144 valence electrons. The van der Waals surface area contributed by atoms with Gasteiger partial charge in [0.1, 0.15) is 21.2 Å². The molecule has 1 fully saturated rings. The number of pyridine rings is 1. The Morgan fingerprint density at radius 1 is 1.15 bits per heavy atom. The van der Waals surface area contributed by atoms with Crippen LogP contribution in [0.3, 0.4) is 0 Å². The van der Waals surface area contributed by atoms with Crippen LogP contribution in [0.1, 0.15) is 66.0 Å². The molecule has 0 spiro atoms. The Morgan fingerprint density at radius 2 is 1.88 bits per heavy atom. The smallest absolute Gasteiger partial charge is 0.138 e. The summed E-state index contributed by atoms with van der Waals surface area (Å²) in [4.78, 5) is 4.36. The van der Waals surface area contributed by atoms with Crippen LogP contribution in [0, 0.1) is 11.8 Å². The van der Waals surface area contributed by atoms with Gasteiger partial charge < -0.3 is 14.2 Å². The fourth-order valence-electron chi connectivity index (χ4n) is 2.55. The van der Waals surface area contributed by atoms with E-state index in [1.54, 1.807) is 6.20 Å². The van der Waals surface area contributed by atoms with Crippen LogP contribution in [0.2, 0.25) is 0 Å². The summed E-state index contributed by atoms with van der Waals surface area (Å²) in [5.74, 6) is 7.03. The first kappa shape index (κ1) is 21.5. The first-order chi connectivity index (χ1) is 12.1. The predicted molar refractivity (Wildman–Crippen MR) is 113 cm³/mol. The Morgan fingerprint density at radius 3 is 2.46 bits per heavy atom. The highest BCUT2D eigenvalue weighted by molar-refractivity contribution is 14.1. The summed E-state index contributed by atoms with van der Waals surface area (Å²) < 4.78 is 17.4. The topological polar surface area (TPSA) is 40.6 Å². The average Bonchev–Trinajstić information content (AvgIpc) is 2.48. The third-order valence-electron chi connectivity index (χ3n) is 3.72. The maximum atomic E-state index is 5.93. The third-order valence-corrected chi connectivity index (χ3v) is 4.03. The highest BCUT2D eigenvalue weighted by atomic mass is 127. The number of halogens is 1. The molecule has 1 aliphatic rings. The quantitative estimate of drug-likeness (QED) is 0.240. The van der Waals surface area contributed by atoms with Gasteiger partial charge in [0.15, 0.2) is 0 Å². The van der Waals surface area contributed by atoms with Crippen molar-refractivity contribution in [1.29, 1.82) is 0 Å². The summed E-state index contributed by atoms with van der Waals surface area (Å²) in [5, 5.41) is 0. The van der Waals surface area contributed by atoms with Gasteiger partial charge in [0.25, 0.3) is 0 Å². The van der Waals surface area contributed by atoms with E-state index in [-0.39, 0.29) is 15.3 Å². The lowest BCUT2D eigenvalue weighted by Crippen LogP contribution is -2.43. The first-order valence-electron chi connectivity index (χ1n) is 9.23. The van der Waals surface area contributed by atoms with Gasteiger partial charge in [0.2, 0.25) is 0 Å². The largest absolute Gasteiger partial charge is 0.489 e. The van der Waals surface area contributed by atoms with E-state index in [9.17, 15) is 0 Å². The van der Waals surface area contributed by atoms with Crippen LogP contribution in [0.25, 0.3) is 0 Å². The molecule has 26 heavy (non-hydrogen) atoms. The number of nitrogens with zero attached hydrogens (tertiary/aromatic N) is 1. The second-order valence-electron chi connectivity index (χ2n) is 8.06. The van der Waals surface area contributed by atoms with E-state index in [0.29, 0.717) is 6.10 Å². The average molecular weight is 471 g/mol. The Hall–Kier alpha value is -0.840. The molecule has 1 aromatic heterocycles. The van der Waals surface area contributed by atoms with Crippen molar-refractivity contribution in [2.75, 3.05) is 6.61 Å². The normalized spacial score (nSPS) is 20.1. The van der Waals surface area contributed by atoms with E-state index in [4.69, 9.17) is 14.2 Å². The number of rotatable bonds is 7. The van der Waals surface area contributed by atoms with E-state index in [2.05, 4.69) is 60.2 Å². The summed E-state index contributed by atoms with van der Waals surface area (Å²) >= 11 is 2.28. The van der Waals surface area contributed by atoms with Gasteiger partial charge in [-0.05, 0) is 81.7 Å². The van der Waals surface area contributed by atoms with Crippen LogP contribution in [-0.2, 0) is 9.47 Å². The summed E-state index contributed by atoms with van der Waals surface area (Å²) in [7, 11) is 0. The minimum Gasteiger partial charge on any atom is -0.489 e. The fraction of sp³-hybridized carbons (Fsp3) is 0.667. The predicted octanol–water partition coefficient (Wildman–Crippen LogP) is 5.13. The van der Waals surface area contributed by atoms with E-state index in [1.807, 2.05) is 26.0 Å². The van der Waals surface area contributed by atoms with Crippen LogP contribution < -0.4 is 4.74 Å². The van der Waals surface area contributed by atoms with E-state index >= 15 is 0 Å². The second-order valence-corrected chi connectivity index (χ2v) is 10.7. The van der Waals surface area contributed by atoms with Gasteiger partial charge in [0, 0.05) is 25.9 Å². The molecule has 1 saturated carbocycles. The molecule has 5 heteroatoms. The molecule has 1 aliphatic carbocycles. The molecule has 0 aromatic carbocycles. The van der Waals surface area contributed by atoms with Gasteiger partial charge in [-0.3, -0.25) is 0 Å². The van der Waals surface area contributed by atoms with Crippen molar-refractivity contribution in [1.82, 2.24) is 4.98 Å². The van der Waals surface area contributed by atoms with Crippen LogP contribution >= 0.6 is 22.6 Å². The lowest BCUT2D eigenvalue weighted by atomic mass is 9.91. The molecular formula is C21H30INO3. The number of hydrogen-bond donors (Lipinski definition) is 0. The fourth-order valence-corrected chi connectivity index (χ4v) is 2.77. The standard InChI is InChI=1S/C21H30INO3/c1-20(2,3)26-19-13-18(14-19)25-17-11-10-16(23-15-17)9-7-6-8-12-24-21(4,5)22/h10-11,15,18-19H,6,8,12-14H2,1-5H3. The highest BCUT2D eigenvalue weighted by Crippen LogP contribution is 2.30. The number of hydrogen-bond acceptors (Lipinski definition) is 4. The Kier molecular flexibility index (Phi) is 7.75. The summed E-state index contributed by atoms with van der Waals surface area (Å²) in [6, 6.07) is 3.85. The molecule has 0 bridgehead atoms. The first-order valence-corrected chi connectivity index (χ1v) is 10.3. The molecule has 2 rings (SSSR count). The van der Waals surface area contributed by atoms with Crippen LogP contribution in [0.5, 0.6) is 5.75 Å². The van der Waals surface area contributed by atoms with Gasteiger partial charge in [-0.1, -0.05) is 5.92 Å². The molecule has 4 nitrogen and oxygen atoms in total. The molecule has 0 amide bonds. The molecule has 0 atom stereocenters. The van der Waals surface area contributed by atoms with Crippen LogP contribution in [0.15, 0.2) is 18.3 Å². The Bertz CT molecular complexity index is 614. The van der Waals surface area contributed by atoms with Crippen molar-refractivity contribution < 1.29 is 14.2 Å². The van der Waals surface area contributed by atoms with E-state index < -0.39 is 0 Å². The second kappa shape index (κ2) is 9.38. The lowest BCUT2D eigenvalue weighted by Gasteiger charge is -2.39. The zero-order valence-corrected chi connectivity index (χ0v) is 18.6. The molecule has 0 aliphatic heterocycles. The highest BCUT2D eigenvalue weighted by Gasteiger charge is 2.34. The van der Waals surface area contributed by atoms with Gasteiger partial charge >= 0.3 is 0 Å². The number of unbranched alkanes of at least 4 members (excludes halogenated alkanes) is 1. The maximum absolute atomic E-state index is 5.93. The van der Waals surface area contributed by atoms with Crippen molar-refractivity contribution in [2.24, 2.45) is 0 Å². The third kappa shape index (κ3) is 8.70. The summed E-state index contributed by atoms with van der Waals surface area (Å²) in [6.45, 7) is 11.1. The van der Waals surface area contributed by atoms with Crippen LogP contribution in [-0.4, -0.2) is 33.0 Å². The minimum atomic E-state index is -0.109. The number of ether oxygens (including phenoxy) is 3. The maximum Gasteiger partial charge on any atom is 0.138 e. The van der Waals surface area contributed by atoms with Gasteiger partial charge in [-0.15, -0.1) is 0 Å². The van der Waals surface area contributed by atoms with Crippen molar-refractivity contribution in [3.63, 3.8) is 0 Å². The summed E-state index contributed by atoms with van der Waals surface area (Å²) in [5.41, 5.74) is 0.686. The monoisotopic (exact) mass is 471 g/mol. The number of aromatic nitrogens is 1. The van der Waals surface area contributed by atoms with E-state index in [0.717, 1.165) is 43.7 Å². The van der Waals surface area contributed by atoms with Crippen LogP contribution in [0.4, 0.5) is 0 Å². The molecular weight excluding hydrogens is 441 g/mol. The van der Waals surface area contributed by atoms with Crippen molar-refractivity contribution in [3.05, 3.63) is 24.0 Å². The molecule has 1 aromatic rings. The summed E-state index contributed by atoms with van der Waals surface area (Å²) in [6.07, 6.45) is 5.90. The van der Waals surface area contributed by atoms with Gasteiger partial charge in [-0.25, -0.2) is 4.98 Å². The van der Waals surface area contributed by atoms with Gasteiger partial charge in [0.05, 0.1) is 17.9 Å². The van der Waals surface area contributed by atoms with E-state index in [1.165, 1.54) is 0 Å². The van der Waals surface area contributed by atoms with Crippen molar-refractivity contribution >= 4 is 22.6 Å². The molecule has 0 radical (unpaired) electrons. The Labute approximate surface area is 171 Å². The zero-order valence-electron chi connectivity index (χ0n) is 16.5. The minimum absolute atomic E-state index is 0.0873. The van der Waals surface area contributed by atoms with Crippen molar-refractivity contribution in [3.8, 4) is 17.6 Å². The number of alkyl halides is 1. The lowest BCUT2D eigenvalue weighted by molar-refractivity contribution is -0.126. The molecule has 0 saturated heterocycles. The molecule has 1 heterocycles. The van der Waals surface area contributed by atoms with Gasteiger partial charge in [-0.2, -0.15) is 0 Å². The SMILES string of the molecule is CC(C)(C)OC1CC(Oc2ccc(C#CCCCOC(C)(C)I)nc2)C1.